The zero-order chi connectivity index (χ0) is 25.6. The lowest BCUT2D eigenvalue weighted by molar-refractivity contribution is -0.131. The number of rotatable bonds is 8. The molecule has 0 aromatic heterocycles. The van der Waals surface area contributed by atoms with E-state index in [0.29, 0.717) is 42.4 Å². The summed E-state index contributed by atoms with van der Waals surface area (Å²) in [5, 5.41) is 2.76. The Morgan fingerprint density at radius 2 is 1.49 bits per heavy atom. The van der Waals surface area contributed by atoms with Crippen LogP contribution in [0.2, 0.25) is 0 Å². The number of carbonyl (C=O) groups is 2. The van der Waals surface area contributed by atoms with Gasteiger partial charge in [-0.05, 0) is 29.2 Å². The first-order chi connectivity index (χ1) is 16.7. The van der Waals surface area contributed by atoms with Crippen LogP contribution in [0.5, 0.6) is 17.2 Å². The molecular formula is C27H37N3O5. The van der Waals surface area contributed by atoms with Gasteiger partial charge in [0, 0.05) is 43.9 Å². The van der Waals surface area contributed by atoms with Crippen molar-refractivity contribution in [3.05, 3.63) is 53.1 Å². The minimum atomic E-state index is -0.238. The minimum absolute atomic E-state index is 0.0106. The van der Waals surface area contributed by atoms with Gasteiger partial charge in [-0.2, -0.15) is 0 Å². The number of nitrogens with zero attached hydrogens (tertiary/aromatic N) is 2. The summed E-state index contributed by atoms with van der Waals surface area (Å²) >= 11 is 0. The number of hydrogen-bond acceptors (Lipinski definition) is 6. The van der Waals surface area contributed by atoms with Crippen molar-refractivity contribution in [3.63, 3.8) is 0 Å². The van der Waals surface area contributed by atoms with Gasteiger partial charge in [-0.15, -0.1) is 0 Å². The Kier molecular flexibility index (Phi) is 8.62. The molecular weight excluding hydrogens is 446 g/mol. The standard InChI is InChI=1S/C27H37N3O5/c1-27(2,3)21-10-7-19(8-11-21)26(32)28-17-23(31)30-15-13-29(14-16-30)18-20-9-12-22(33-4)25(35-6)24(20)34-5/h7-12H,13-18H2,1-6H3,(H,28,32). The molecule has 1 aliphatic heterocycles. The highest BCUT2D eigenvalue weighted by atomic mass is 16.5. The van der Waals surface area contributed by atoms with Gasteiger partial charge in [0.1, 0.15) is 0 Å². The fraction of sp³-hybridized carbons (Fsp3) is 0.481. The van der Waals surface area contributed by atoms with Gasteiger partial charge >= 0.3 is 0 Å². The Labute approximate surface area is 208 Å². The van der Waals surface area contributed by atoms with Crippen molar-refractivity contribution in [1.29, 1.82) is 0 Å². The van der Waals surface area contributed by atoms with Crippen LogP contribution < -0.4 is 19.5 Å². The molecule has 190 valence electrons. The second-order valence-electron chi connectivity index (χ2n) is 9.66. The van der Waals surface area contributed by atoms with Crippen molar-refractivity contribution in [1.82, 2.24) is 15.1 Å². The number of piperazine rings is 1. The number of benzene rings is 2. The zero-order valence-corrected chi connectivity index (χ0v) is 21.6. The van der Waals surface area contributed by atoms with Crippen molar-refractivity contribution >= 4 is 11.8 Å². The largest absolute Gasteiger partial charge is 0.493 e. The van der Waals surface area contributed by atoms with E-state index in [0.717, 1.165) is 24.2 Å². The number of carbonyl (C=O) groups excluding carboxylic acids is 2. The monoisotopic (exact) mass is 483 g/mol. The van der Waals surface area contributed by atoms with E-state index in [1.54, 1.807) is 26.2 Å². The lowest BCUT2D eigenvalue weighted by Crippen LogP contribution is -2.50. The van der Waals surface area contributed by atoms with E-state index in [9.17, 15) is 9.59 Å². The van der Waals surface area contributed by atoms with Gasteiger partial charge in [-0.25, -0.2) is 0 Å². The molecule has 1 aliphatic rings. The molecule has 2 aromatic rings. The van der Waals surface area contributed by atoms with Gasteiger partial charge < -0.3 is 24.4 Å². The number of nitrogens with one attached hydrogen (secondary N) is 1. The highest BCUT2D eigenvalue weighted by Crippen LogP contribution is 2.40. The summed E-state index contributed by atoms with van der Waals surface area (Å²) in [4.78, 5) is 29.2. The molecule has 1 fully saturated rings. The van der Waals surface area contributed by atoms with Gasteiger partial charge in [0.2, 0.25) is 11.7 Å². The Bertz CT molecular complexity index is 1020. The summed E-state index contributed by atoms with van der Waals surface area (Å²) in [6.45, 7) is 9.71. The van der Waals surface area contributed by atoms with E-state index >= 15 is 0 Å². The van der Waals surface area contributed by atoms with Crippen molar-refractivity contribution < 1.29 is 23.8 Å². The average molecular weight is 484 g/mol. The Balaban J connectivity index is 1.50. The fourth-order valence-electron chi connectivity index (χ4n) is 4.18. The van der Waals surface area contributed by atoms with Crippen LogP contribution in [0.3, 0.4) is 0 Å². The number of ether oxygens (including phenoxy) is 3. The highest BCUT2D eigenvalue weighted by Gasteiger charge is 2.24. The molecule has 1 saturated heterocycles. The van der Waals surface area contributed by atoms with Crippen LogP contribution in [0.15, 0.2) is 36.4 Å². The van der Waals surface area contributed by atoms with Gasteiger partial charge in [0.05, 0.1) is 27.9 Å². The van der Waals surface area contributed by atoms with E-state index in [-0.39, 0.29) is 23.8 Å². The molecule has 3 rings (SSSR count). The second-order valence-corrected chi connectivity index (χ2v) is 9.66. The summed E-state index contributed by atoms with van der Waals surface area (Å²) in [5.41, 5.74) is 2.74. The smallest absolute Gasteiger partial charge is 0.251 e. The van der Waals surface area contributed by atoms with E-state index in [2.05, 4.69) is 31.0 Å². The van der Waals surface area contributed by atoms with Crippen LogP contribution in [-0.2, 0) is 16.8 Å². The van der Waals surface area contributed by atoms with Gasteiger partial charge in [0.15, 0.2) is 11.5 Å². The lowest BCUT2D eigenvalue weighted by Gasteiger charge is -2.35. The highest BCUT2D eigenvalue weighted by molar-refractivity contribution is 5.96. The first kappa shape index (κ1) is 26.3. The molecule has 0 unspecified atom stereocenters. The summed E-state index contributed by atoms with van der Waals surface area (Å²) in [6.07, 6.45) is 0. The van der Waals surface area contributed by atoms with Gasteiger partial charge in [-0.1, -0.05) is 39.0 Å². The van der Waals surface area contributed by atoms with E-state index in [1.807, 2.05) is 36.4 Å². The van der Waals surface area contributed by atoms with Crippen LogP contribution >= 0.6 is 0 Å². The van der Waals surface area contributed by atoms with Crippen LogP contribution in [0.4, 0.5) is 0 Å². The van der Waals surface area contributed by atoms with Crippen molar-refractivity contribution in [2.75, 3.05) is 54.1 Å². The maximum Gasteiger partial charge on any atom is 0.251 e. The third-order valence-corrected chi connectivity index (χ3v) is 6.32. The molecule has 1 N–H and O–H groups in total. The predicted octanol–water partition coefficient (Wildman–Crippen LogP) is 3.08. The Morgan fingerprint density at radius 1 is 0.857 bits per heavy atom. The molecule has 2 amide bonds. The van der Waals surface area contributed by atoms with Gasteiger partial charge in [-0.3, -0.25) is 14.5 Å². The zero-order valence-electron chi connectivity index (χ0n) is 21.6. The van der Waals surface area contributed by atoms with Crippen LogP contribution in [0.1, 0.15) is 42.3 Å². The maximum atomic E-state index is 12.7. The molecule has 0 spiro atoms. The quantitative estimate of drug-likeness (QED) is 0.622. The molecule has 0 atom stereocenters. The molecule has 1 heterocycles. The maximum absolute atomic E-state index is 12.7. The summed E-state index contributed by atoms with van der Waals surface area (Å²) in [7, 11) is 4.80. The molecule has 0 aliphatic carbocycles. The predicted molar refractivity (Wildman–Crippen MR) is 135 cm³/mol. The first-order valence-electron chi connectivity index (χ1n) is 11.8. The van der Waals surface area contributed by atoms with Crippen LogP contribution in [0.25, 0.3) is 0 Å². The SMILES string of the molecule is COc1ccc(CN2CCN(C(=O)CNC(=O)c3ccc(C(C)(C)C)cc3)CC2)c(OC)c1OC. The van der Waals surface area contributed by atoms with Crippen molar-refractivity contribution in [3.8, 4) is 17.2 Å². The van der Waals surface area contributed by atoms with E-state index in [1.165, 1.54) is 0 Å². The first-order valence-corrected chi connectivity index (χ1v) is 11.8. The Hall–Kier alpha value is -3.26. The van der Waals surface area contributed by atoms with Crippen molar-refractivity contribution in [2.45, 2.75) is 32.7 Å². The third kappa shape index (κ3) is 6.45. The number of amides is 2. The van der Waals surface area contributed by atoms with Gasteiger partial charge in [0.25, 0.3) is 5.91 Å². The molecule has 0 radical (unpaired) electrons. The fourth-order valence-corrected chi connectivity index (χ4v) is 4.18. The topological polar surface area (TPSA) is 80.3 Å². The van der Waals surface area contributed by atoms with Crippen molar-refractivity contribution in [2.24, 2.45) is 0 Å². The summed E-state index contributed by atoms with van der Waals surface area (Å²) < 4.78 is 16.4. The van der Waals surface area contributed by atoms with Crippen LogP contribution in [-0.4, -0.2) is 75.7 Å². The average Bonchev–Trinajstić information content (AvgIpc) is 2.86. The molecule has 8 nitrogen and oxygen atoms in total. The Morgan fingerprint density at radius 3 is 2.03 bits per heavy atom. The second kappa shape index (κ2) is 11.4. The molecule has 2 aromatic carbocycles. The third-order valence-electron chi connectivity index (χ3n) is 6.32. The normalized spacial score (nSPS) is 14.4. The number of hydrogen-bond donors (Lipinski definition) is 1. The molecule has 0 saturated carbocycles. The minimum Gasteiger partial charge on any atom is -0.493 e. The summed E-state index contributed by atoms with van der Waals surface area (Å²) in [5.74, 6) is 1.54. The van der Waals surface area contributed by atoms with Crippen LogP contribution in [0, 0.1) is 0 Å². The van der Waals surface area contributed by atoms with E-state index < -0.39 is 0 Å². The molecule has 35 heavy (non-hydrogen) atoms. The number of methoxy groups -OCH3 is 3. The molecule has 0 bridgehead atoms. The lowest BCUT2D eigenvalue weighted by atomic mass is 9.87. The summed E-state index contributed by atoms with van der Waals surface area (Å²) in [6, 6.07) is 11.4. The van der Waals surface area contributed by atoms with E-state index in [4.69, 9.17) is 14.2 Å². The molecule has 8 heteroatoms.